The first-order chi connectivity index (χ1) is 6.84. The van der Waals surface area contributed by atoms with Gasteiger partial charge in [-0.1, -0.05) is 5.16 Å². The summed E-state index contributed by atoms with van der Waals surface area (Å²) in [7, 11) is 0.906. The number of esters is 1. The number of rotatable bonds is 4. The lowest BCUT2D eigenvalue weighted by atomic mass is 10.2. The van der Waals surface area contributed by atoms with E-state index in [1.54, 1.807) is 0 Å². The topological polar surface area (TPSA) is 65.0 Å². The smallest absolute Gasteiger partial charge is 0.456 e. The Bertz CT molecular complexity index is 284. The van der Waals surface area contributed by atoms with Gasteiger partial charge < -0.3 is 9.57 Å². The maximum Gasteiger partial charge on any atom is 0.456 e. The zero-order valence-electron chi connectivity index (χ0n) is 7.92. The van der Waals surface area contributed by atoms with E-state index in [2.05, 4.69) is 14.7 Å². The summed E-state index contributed by atoms with van der Waals surface area (Å²) in [6, 6.07) is 0. The Morgan fingerprint density at radius 1 is 1.33 bits per heavy atom. The molecule has 0 rings (SSSR count). The van der Waals surface area contributed by atoms with Crippen LogP contribution in [0.2, 0.25) is 0 Å². The highest BCUT2D eigenvalue weighted by atomic mass is 19.4. The normalized spacial score (nSPS) is 12.2. The maximum absolute atomic E-state index is 11.9. The summed E-state index contributed by atoms with van der Waals surface area (Å²) >= 11 is 0. The fourth-order valence-corrected chi connectivity index (χ4v) is 0.596. The molecule has 0 aliphatic carbocycles. The van der Waals surface area contributed by atoms with E-state index in [-0.39, 0.29) is 6.61 Å². The summed E-state index contributed by atoms with van der Waals surface area (Å²) in [6.45, 7) is 1.20. The van der Waals surface area contributed by atoms with E-state index in [1.165, 1.54) is 6.92 Å². The van der Waals surface area contributed by atoms with Crippen LogP contribution in [0.3, 0.4) is 0 Å². The van der Waals surface area contributed by atoms with Gasteiger partial charge in [-0.2, -0.15) is 13.2 Å². The number of halogens is 3. The van der Waals surface area contributed by atoms with Crippen molar-refractivity contribution in [2.75, 3.05) is 13.7 Å². The molecule has 0 spiro atoms. The van der Waals surface area contributed by atoms with E-state index >= 15 is 0 Å². The number of carbonyl (C=O) groups excluding carboxylic acids is 2. The Hall–Kier alpha value is -1.60. The fourth-order valence-electron chi connectivity index (χ4n) is 0.596. The Labute approximate surface area is 82.8 Å². The Kier molecular flexibility index (Phi) is 4.75. The van der Waals surface area contributed by atoms with Crippen molar-refractivity contribution in [3.8, 4) is 0 Å². The van der Waals surface area contributed by atoms with Crippen molar-refractivity contribution in [3.63, 3.8) is 0 Å². The van der Waals surface area contributed by atoms with Crippen LogP contribution in [0, 0.1) is 0 Å². The van der Waals surface area contributed by atoms with Gasteiger partial charge in [-0.15, -0.1) is 0 Å². The van der Waals surface area contributed by atoms with Gasteiger partial charge in [0.25, 0.3) is 5.78 Å². The minimum Gasteiger partial charge on any atom is -0.461 e. The second kappa shape index (κ2) is 5.32. The van der Waals surface area contributed by atoms with Gasteiger partial charge in [0.2, 0.25) is 5.71 Å². The maximum atomic E-state index is 11.9. The number of alkyl halides is 3. The first-order valence-corrected chi connectivity index (χ1v) is 3.74. The second-order valence-corrected chi connectivity index (χ2v) is 2.17. The molecule has 0 aliphatic heterocycles. The first kappa shape index (κ1) is 13.4. The molecular weight excluding hydrogens is 219 g/mol. The van der Waals surface area contributed by atoms with E-state index < -0.39 is 23.6 Å². The summed E-state index contributed by atoms with van der Waals surface area (Å²) in [6.07, 6.45) is -5.19. The van der Waals surface area contributed by atoms with Crippen LogP contribution >= 0.6 is 0 Å². The van der Waals surface area contributed by atoms with Crippen LogP contribution in [0.25, 0.3) is 0 Å². The van der Waals surface area contributed by atoms with Crippen LogP contribution in [0.5, 0.6) is 0 Å². The molecule has 0 atom stereocenters. The summed E-state index contributed by atoms with van der Waals surface area (Å²) in [4.78, 5) is 25.5. The molecule has 5 nitrogen and oxygen atoms in total. The van der Waals surface area contributed by atoms with Crippen molar-refractivity contribution in [2.24, 2.45) is 5.16 Å². The number of carbonyl (C=O) groups is 2. The second-order valence-electron chi connectivity index (χ2n) is 2.17. The average molecular weight is 227 g/mol. The standard InChI is InChI=1S/C7H8F3NO4/c1-3-15-6(13)4(11-14-2)5(12)7(8,9)10/h3H2,1-2H3/b11-4+. The number of ether oxygens (including phenoxy) is 1. The molecule has 0 radical (unpaired) electrons. The lowest BCUT2D eigenvalue weighted by molar-refractivity contribution is -0.164. The van der Waals surface area contributed by atoms with Crippen molar-refractivity contribution < 1.29 is 32.3 Å². The first-order valence-electron chi connectivity index (χ1n) is 3.74. The predicted octanol–water partition coefficient (Wildman–Crippen LogP) is 0.683. The zero-order chi connectivity index (χ0) is 12.1. The molecule has 0 amide bonds. The summed E-state index contributed by atoms with van der Waals surface area (Å²) in [5.74, 6) is -3.87. The van der Waals surface area contributed by atoms with E-state index in [4.69, 9.17) is 0 Å². The molecule has 8 heteroatoms. The number of nitrogens with zero attached hydrogens (tertiary/aromatic N) is 1. The molecule has 0 aliphatic rings. The third-order valence-corrected chi connectivity index (χ3v) is 1.12. The monoisotopic (exact) mass is 227 g/mol. The van der Waals surface area contributed by atoms with Crippen LogP contribution < -0.4 is 0 Å². The van der Waals surface area contributed by atoms with Crippen molar-refractivity contribution in [3.05, 3.63) is 0 Å². The quantitative estimate of drug-likeness (QED) is 0.306. The van der Waals surface area contributed by atoms with Gasteiger partial charge in [0.1, 0.15) is 7.11 Å². The lowest BCUT2D eigenvalue weighted by Gasteiger charge is -2.06. The minimum absolute atomic E-state index is 0.174. The highest BCUT2D eigenvalue weighted by molar-refractivity contribution is 6.65. The highest BCUT2D eigenvalue weighted by Crippen LogP contribution is 2.17. The summed E-state index contributed by atoms with van der Waals surface area (Å²) in [5.41, 5.74) is -1.42. The van der Waals surface area contributed by atoms with Gasteiger partial charge in [-0.25, -0.2) is 4.79 Å². The molecule has 86 valence electrons. The third-order valence-electron chi connectivity index (χ3n) is 1.12. The molecule has 0 heterocycles. The summed E-state index contributed by atoms with van der Waals surface area (Å²) in [5, 5.41) is 2.68. The van der Waals surface area contributed by atoms with Crippen molar-refractivity contribution in [1.29, 1.82) is 0 Å². The molecule has 0 saturated carbocycles. The van der Waals surface area contributed by atoms with Crippen molar-refractivity contribution in [1.82, 2.24) is 0 Å². The molecular formula is C7H8F3NO4. The molecule has 0 fully saturated rings. The van der Waals surface area contributed by atoms with Gasteiger partial charge in [0.15, 0.2) is 0 Å². The van der Waals surface area contributed by atoms with Crippen LogP contribution in [-0.2, 0) is 19.2 Å². The van der Waals surface area contributed by atoms with E-state index in [0.717, 1.165) is 7.11 Å². The molecule has 0 aromatic rings. The van der Waals surface area contributed by atoms with Gasteiger partial charge in [0, 0.05) is 0 Å². The highest BCUT2D eigenvalue weighted by Gasteiger charge is 2.45. The van der Waals surface area contributed by atoms with Crippen LogP contribution in [0.4, 0.5) is 13.2 Å². The number of oxime groups is 1. The van der Waals surface area contributed by atoms with Gasteiger partial charge in [0.05, 0.1) is 6.61 Å². The predicted molar refractivity (Wildman–Crippen MR) is 42.1 cm³/mol. The van der Waals surface area contributed by atoms with Gasteiger partial charge >= 0.3 is 12.1 Å². The summed E-state index contributed by atoms with van der Waals surface area (Å²) < 4.78 is 40.0. The molecule has 0 N–H and O–H groups in total. The SMILES string of the molecule is CCOC(=O)/C(=N/OC)C(=O)C(F)(F)F. The van der Waals surface area contributed by atoms with E-state index in [0.29, 0.717) is 0 Å². The van der Waals surface area contributed by atoms with Crippen LogP contribution in [-0.4, -0.2) is 37.4 Å². The third kappa shape index (κ3) is 3.96. The fraction of sp³-hybridized carbons (Fsp3) is 0.571. The molecule has 0 bridgehead atoms. The Morgan fingerprint density at radius 2 is 1.87 bits per heavy atom. The number of Topliss-reactive ketones (excluding diaryl/α,β-unsaturated/α-hetero) is 1. The van der Waals surface area contributed by atoms with E-state index in [9.17, 15) is 22.8 Å². The molecule has 0 unspecified atom stereocenters. The Balaban J connectivity index is 4.92. The molecule has 0 saturated heterocycles. The number of ketones is 1. The van der Waals surface area contributed by atoms with Crippen molar-refractivity contribution >= 4 is 17.5 Å². The van der Waals surface area contributed by atoms with Gasteiger partial charge in [-0.05, 0) is 6.92 Å². The number of hydrogen-bond donors (Lipinski definition) is 0. The molecule has 0 aromatic heterocycles. The molecule has 0 aromatic carbocycles. The Morgan fingerprint density at radius 3 is 2.20 bits per heavy atom. The van der Waals surface area contributed by atoms with Crippen LogP contribution in [0.1, 0.15) is 6.92 Å². The van der Waals surface area contributed by atoms with E-state index in [1.807, 2.05) is 0 Å². The number of hydrogen-bond acceptors (Lipinski definition) is 5. The minimum atomic E-state index is -5.19. The van der Waals surface area contributed by atoms with Crippen LogP contribution in [0.15, 0.2) is 5.16 Å². The zero-order valence-corrected chi connectivity index (χ0v) is 7.92. The largest absolute Gasteiger partial charge is 0.461 e. The van der Waals surface area contributed by atoms with Crippen molar-refractivity contribution in [2.45, 2.75) is 13.1 Å². The average Bonchev–Trinajstić information content (AvgIpc) is 2.12. The molecule has 15 heavy (non-hydrogen) atoms. The lowest BCUT2D eigenvalue weighted by Crippen LogP contribution is -2.37. The van der Waals surface area contributed by atoms with Gasteiger partial charge in [-0.3, -0.25) is 4.79 Å².